The van der Waals surface area contributed by atoms with Gasteiger partial charge in [0.1, 0.15) is 0 Å². The topological polar surface area (TPSA) is 24.7 Å². The van der Waals surface area contributed by atoms with Crippen molar-refractivity contribution in [3.05, 3.63) is 294 Å². The number of amidine groups is 1. The van der Waals surface area contributed by atoms with E-state index >= 15 is 0 Å². The Morgan fingerprint density at radius 2 is 0.662 bits per heavy atom. The van der Waals surface area contributed by atoms with E-state index in [0.717, 1.165) is 66.9 Å². The number of nitrogens with zero attached hydrogens (tertiary/aromatic N) is 2. The van der Waals surface area contributed by atoms with Crippen LogP contribution in [0.1, 0.15) is 45.9 Å². The maximum atomic E-state index is 5.56. The zero-order valence-corrected chi connectivity index (χ0v) is 37.8. The molecule has 0 fully saturated rings. The van der Waals surface area contributed by atoms with Crippen molar-refractivity contribution >= 4 is 17.2 Å². The van der Waals surface area contributed by atoms with Crippen molar-refractivity contribution in [2.45, 2.75) is 12.3 Å². The van der Waals surface area contributed by atoms with Gasteiger partial charge in [-0.2, -0.15) is 0 Å². The Balaban J connectivity index is 1.06. The van der Waals surface area contributed by atoms with Gasteiger partial charge in [-0.3, -0.25) is 0 Å². The van der Waals surface area contributed by atoms with Crippen LogP contribution in [0.5, 0.6) is 0 Å². The SMILES string of the molecule is C=C(/N=C(\N=C(/C)c1cc(-c2ccccc2)cc(-c2ccccc2)c1)c1cc(-c2ccccc2)cc(-c2ccccc2)c1)c1ccc2c(c1)C1(c3ccccc3-c3ccccc31)c1ccccc1-2. The number of benzene rings is 10. The fraction of sp³-hybridized carbons (Fsp3) is 0.0303. The van der Waals surface area contributed by atoms with E-state index in [0.29, 0.717) is 11.5 Å². The molecule has 2 nitrogen and oxygen atoms in total. The van der Waals surface area contributed by atoms with Crippen LogP contribution >= 0.6 is 0 Å². The molecule has 0 unspecified atom stereocenters. The van der Waals surface area contributed by atoms with Crippen molar-refractivity contribution in [3.63, 3.8) is 0 Å². The van der Waals surface area contributed by atoms with Gasteiger partial charge in [0.15, 0.2) is 5.84 Å². The van der Waals surface area contributed by atoms with Crippen molar-refractivity contribution in [2.75, 3.05) is 0 Å². The molecule has 0 N–H and O–H groups in total. The molecule has 0 bridgehead atoms. The number of aliphatic imine (C=N–C) groups is 2. The summed E-state index contributed by atoms with van der Waals surface area (Å²) in [6.07, 6.45) is 0. The number of hydrogen-bond acceptors (Lipinski definition) is 1. The summed E-state index contributed by atoms with van der Waals surface area (Å²) < 4.78 is 0. The Morgan fingerprint density at radius 1 is 0.309 bits per heavy atom. The van der Waals surface area contributed by atoms with Gasteiger partial charge in [-0.1, -0.05) is 213 Å². The number of fused-ring (bicyclic) bond motifs is 10. The molecule has 0 atom stereocenters. The Morgan fingerprint density at radius 3 is 1.07 bits per heavy atom. The lowest BCUT2D eigenvalue weighted by molar-refractivity contribution is 0.793. The Hall–Kier alpha value is -8.72. The first kappa shape index (κ1) is 40.8. The first-order valence-corrected chi connectivity index (χ1v) is 23.3. The van der Waals surface area contributed by atoms with Crippen LogP contribution < -0.4 is 0 Å². The third-order valence-electron chi connectivity index (χ3n) is 13.8. The van der Waals surface area contributed by atoms with Gasteiger partial charge in [-0.25, -0.2) is 9.98 Å². The fourth-order valence-corrected chi connectivity index (χ4v) is 10.6. The summed E-state index contributed by atoms with van der Waals surface area (Å²) in [4.78, 5) is 11.1. The van der Waals surface area contributed by atoms with Gasteiger partial charge in [0.2, 0.25) is 0 Å². The van der Waals surface area contributed by atoms with Gasteiger partial charge in [0, 0.05) is 11.3 Å². The van der Waals surface area contributed by atoms with E-state index in [-0.39, 0.29) is 0 Å². The molecule has 10 aromatic carbocycles. The molecule has 0 radical (unpaired) electrons. The van der Waals surface area contributed by atoms with E-state index in [2.05, 4.69) is 256 Å². The lowest BCUT2D eigenvalue weighted by Gasteiger charge is -2.30. The van der Waals surface area contributed by atoms with Crippen molar-refractivity contribution in [2.24, 2.45) is 9.98 Å². The largest absolute Gasteiger partial charge is 0.233 e. The zero-order valence-electron chi connectivity index (χ0n) is 37.8. The predicted molar refractivity (Wildman–Crippen MR) is 285 cm³/mol. The fourth-order valence-electron chi connectivity index (χ4n) is 10.6. The molecule has 2 aliphatic carbocycles. The first-order valence-electron chi connectivity index (χ1n) is 23.3. The molecular weight excluding hydrogens is 821 g/mol. The molecule has 2 heteroatoms. The summed E-state index contributed by atoms with van der Waals surface area (Å²) in [7, 11) is 0. The standard InChI is InChI=1S/C66H46N2/c1-44(50-35-36-60-59-31-17-20-34-63(59)66(64(60)43-50)61-32-18-15-29-57(61)58-30-16-19-33-62(58)66)67-65(56-41-54(48-25-11-5-12-26-48)40-55(42-56)49-27-13-6-14-28-49)68-45(2)51-37-52(46-21-7-3-8-22-46)39-53(38-51)47-23-9-4-10-24-47/h3-43H,1H2,2H3/b67-65-,68-45+. The van der Waals surface area contributed by atoms with Crippen LogP contribution in [-0.4, -0.2) is 11.5 Å². The average Bonchev–Trinajstić information content (AvgIpc) is 3.88. The van der Waals surface area contributed by atoms with Crippen LogP contribution in [0.3, 0.4) is 0 Å². The van der Waals surface area contributed by atoms with Crippen LogP contribution in [-0.2, 0) is 5.41 Å². The molecule has 0 heterocycles. The maximum Gasteiger partial charge on any atom is 0.160 e. The second kappa shape index (κ2) is 16.9. The van der Waals surface area contributed by atoms with Gasteiger partial charge >= 0.3 is 0 Å². The molecule has 320 valence electrons. The smallest absolute Gasteiger partial charge is 0.160 e. The summed E-state index contributed by atoms with van der Waals surface area (Å²) in [6.45, 7) is 6.86. The van der Waals surface area contributed by atoms with Gasteiger partial charge in [-0.05, 0) is 150 Å². The maximum absolute atomic E-state index is 5.56. The number of hydrogen-bond donors (Lipinski definition) is 0. The summed E-state index contributed by atoms with van der Waals surface area (Å²) in [6, 6.07) is 89.4. The highest BCUT2D eigenvalue weighted by atomic mass is 14.9. The molecule has 1 spiro atoms. The Kier molecular flexibility index (Phi) is 10.1. The Bertz CT molecular complexity index is 3440. The first-order chi connectivity index (χ1) is 33.5. The van der Waals surface area contributed by atoms with Crippen LogP contribution in [0.2, 0.25) is 0 Å². The van der Waals surface area contributed by atoms with Gasteiger partial charge in [0.05, 0.1) is 11.1 Å². The second-order valence-corrected chi connectivity index (χ2v) is 17.8. The zero-order chi connectivity index (χ0) is 45.6. The molecule has 0 aliphatic heterocycles. The minimum atomic E-state index is -0.481. The third-order valence-corrected chi connectivity index (χ3v) is 13.8. The van der Waals surface area contributed by atoms with Crippen LogP contribution in [0.25, 0.3) is 72.5 Å². The van der Waals surface area contributed by atoms with E-state index in [1.54, 1.807) is 0 Å². The lowest BCUT2D eigenvalue weighted by atomic mass is 9.70. The average molecular weight is 867 g/mol. The molecular formula is C66H46N2. The monoisotopic (exact) mass is 866 g/mol. The van der Waals surface area contributed by atoms with E-state index in [9.17, 15) is 0 Å². The van der Waals surface area contributed by atoms with Crippen LogP contribution in [0, 0.1) is 0 Å². The molecule has 68 heavy (non-hydrogen) atoms. The highest BCUT2D eigenvalue weighted by molar-refractivity contribution is 6.14. The molecule has 0 amide bonds. The molecule has 0 aromatic heterocycles. The van der Waals surface area contributed by atoms with E-state index < -0.39 is 5.41 Å². The highest BCUT2D eigenvalue weighted by Gasteiger charge is 2.51. The van der Waals surface area contributed by atoms with E-state index in [1.807, 2.05) is 0 Å². The van der Waals surface area contributed by atoms with Crippen molar-refractivity contribution < 1.29 is 0 Å². The van der Waals surface area contributed by atoms with E-state index in [1.165, 1.54) is 44.5 Å². The van der Waals surface area contributed by atoms with Gasteiger partial charge in [0.25, 0.3) is 0 Å². The third kappa shape index (κ3) is 6.98. The minimum Gasteiger partial charge on any atom is -0.233 e. The Labute approximate surface area is 398 Å². The molecule has 2 aliphatic rings. The van der Waals surface area contributed by atoms with Crippen molar-refractivity contribution in [3.8, 4) is 66.8 Å². The lowest BCUT2D eigenvalue weighted by Crippen LogP contribution is -2.25. The van der Waals surface area contributed by atoms with Gasteiger partial charge in [-0.15, -0.1) is 0 Å². The van der Waals surface area contributed by atoms with Gasteiger partial charge < -0.3 is 0 Å². The molecule has 0 saturated heterocycles. The quantitative estimate of drug-likeness (QED) is 0.107. The van der Waals surface area contributed by atoms with E-state index in [4.69, 9.17) is 16.6 Å². The summed E-state index contributed by atoms with van der Waals surface area (Å²) in [5, 5.41) is 0. The summed E-state index contributed by atoms with van der Waals surface area (Å²) in [5.74, 6) is 0.587. The summed E-state index contributed by atoms with van der Waals surface area (Å²) >= 11 is 0. The predicted octanol–water partition coefficient (Wildman–Crippen LogP) is 16.6. The molecule has 0 saturated carbocycles. The number of rotatable bonds is 8. The summed E-state index contributed by atoms with van der Waals surface area (Å²) in [5.41, 5.74) is 23.0. The normalized spacial score (nSPS) is 13.1. The van der Waals surface area contributed by atoms with Crippen molar-refractivity contribution in [1.29, 1.82) is 0 Å². The minimum absolute atomic E-state index is 0.481. The van der Waals surface area contributed by atoms with Crippen LogP contribution in [0.4, 0.5) is 0 Å². The molecule has 10 aromatic rings. The second-order valence-electron chi connectivity index (χ2n) is 17.8. The van der Waals surface area contributed by atoms with Crippen molar-refractivity contribution in [1.82, 2.24) is 0 Å². The van der Waals surface area contributed by atoms with Crippen LogP contribution in [0.15, 0.2) is 265 Å². The highest BCUT2D eigenvalue weighted by Crippen LogP contribution is 2.62. The molecule has 12 rings (SSSR count).